The first-order valence-corrected chi connectivity index (χ1v) is 6.34. The molecule has 3 aromatic heterocycles. The van der Waals surface area contributed by atoms with Gasteiger partial charge in [0, 0.05) is 18.6 Å². The Bertz CT molecular complexity index is 894. The van der Waals surface area contributed by atoms with Crippen LogP contribution < -0.4 is 10.9 Å². The summed E-state index contributed by atoms with van der Waals surface area (Å²) >= 11 is 0. The Labute approximate surface area is 119 Å². The highest BCUT2D eigenvalue weighted by Crippen LogP contribution is 2.19. The van der Waals surface area contributed by atoms with Gasteiger partial charge in [0.15, 0.2) is 5.65 Å². The van der Waals surface area contributed by atoms with Gasteiger partial charge >= 0.3 is 0 Å². The molecule has 0 fully saturated rings. The molecule has 1 amide bonds. The third-order valence-electron chi connectivity index (χ3n) is 3.18. The van der Waals surface area contributed by atoms with Gasteiger partial charge in [-0.2, -0.15) is 5.10 Å². The molecule has 21 heavy (non-hydrogen) atoms. The maximum absolute atomic E-state index is 12.1. The number of fused-ring (bicyclic) bond motifs is 1. The lowest BCUT2D eigenvalue weighted by Crippen LogP contribution is -2.22. The Morgan fingerprint density at radius 2 is 2.24 bits per heavy atom. The smallest absolute Gasteiger partial charge is 0.261 e. The summed E-state index contributed by atoms with van der Waals surface area (Å²) in [4.78, 5) is 30.4. The van der Waals surface area contributed by atoms with Crippen LogP contribution in [-0.2, 0) is 7.05 Å². The van der Waals surface area contributed by atoms with Crippen molar-refractivity contribution in [1.29, 1.82) is 0 Å². The van der Waals surface area contributed by atoms with Gasteiger partial charge in [-0.25, -0.2) is 4.98 Å². The number of hydrogen-bond acceptors (Lipinski definition) is 4. The molecular formula is C14H13N5O2. The fraction of sp³-hybridized carbons (Fsp3) is 0.143. The zero-order chi connectivity index (χ0) is 15.0. The second-order valence-corrected chi connectivity index (χ2v) is 4.67. The number of pyridine rings is 2. The number of nitrogens with zero attached hydrogens (tertiary/aromatic N) is 3. The van der Waals surface area contributed by atoms with Crippen LogP contribution in [0, 0.1) is 6.92 Å². The highest BCUT2D eigenvalue weighted by molar-refractivity contribution is 6.04. The first kappa shape index (κ1) is 13.0. The quantitative estimate of drug-likeness (QED) is 0.739. The third-order valence-corrected chi connectivity index (χ3v) is 3.18. The van der Waals surface area contributed by atoms with E-state index in [9.17, 15) is 9.59 Å². The molecule has 0 unspecified atom stereocenters. The second-order valence-electron chi connectivity index (χ2n) is 4.67. The predicted molar refractivity (Wildman–Crippen MR) is 78.3 cm³/mol. The van der Waals surface area contributed by atoms with Gasteiger partial charge in [0.1, 0.15) is 5.56 Å². The van der Waals surface area contributed by atoms with Gasteiger partial charge in [-0.15, -0.1) is 0 Å². The van der Waals surface area contributed by atoms with E-state index in [1.54, 1.807) is 23.0 Å². The van der Waals surface area contributed by atoms with Crippen LogP contribution in [0.4, 0.5) is 5.69 Å². The van der Waals surface area contributed by atoms with Gasteiger partial charge in [-0.05, 0) is 25.1 Å². The Morgan fingerprint density at radius 1 is 1.43 bits per heavy atom. The summed E-state index contributed by atoms with van der Waals surface area (Å²) in [6.45, 7) is 1.87. The van der Waals surface area contributed by atoms with Crippen LogP contribution in [0.2, 0.25) is 0 Å². The number of aryl methyl sites for hydroxylation is 2. The lowest BCUT2D eigenvalue weighted by Gasteiger charge is -2.04. The average Bonchev–Trinajstić information content (AvgIpc) is 2.74. The average molecular weight is 283 g/mol. The molecule has 106 valence electrons. The maximum atomic E-state index is 12.1. The highest BCUT2D eigenvalue weighted by atomic mass is 16.2. The van der Waals surface area contributed by atoms with Crippen LogP contribution in [0.5, 0.6) is 0 Å². The number of rotatable bonds is 2. The summed E-state index contributed by atoms with van der Waals surface area (Å²) in [7, 11) is 1.81. The van der Waals surface area contributed by atoms with Crippen molar-refractivity contribution in [3.05, 3.63) is 52.2 Å². The van der Waals surface area contributed by atoms with E-state index in [1.807, 2.05) is 14.0 Å². The van der Waals surface area contributed by atoms with Gasteiger partial charge < -0.3 is 10.3 Å². The zero-order valence-corrected chi connectivity index (χ0v) is 11.5. The highest BCUT2D eigenvalue weighted by Gasteiger charge is 2.12. The summed E-state index contributed by atoms with van der Waals surface area (Å²) in [5.74, 6) is -0.473. The largest absolute Gasteiger partial charge is 0.328 e. The normalized spacial score (nSPS) is 10.8. The monoisotopic (exact) mass is 283 g/mol. The molecule has 0 atom stereocenters. The molecule has 3 rings (SSSR count). The molecule has 7 heteroatoms. The Balaban J connectivity index is 1.95. The Hall–Kier alpha value is -2.96. The van der Waals surface area contributed by atoms with Gasteiger partial charge in [-0.1, -0.05) is 0 Å². The minimum absolute atomic E-state index is 0.0560. The molecule has 7 nitrogen and oxygen atoms in total. The lowest BCUT2D eigenvalue weighted by molar-refractivity contribution is 0.102. The predicted octanol–water partition coefficient (Wildman–Crippen LogP) is 1.22. The molecule has 0 aliphatic heterocycles. The number of amides is 1. The summed E-state index contributed by atoms with van der Waals surface area (Å²) in [6, 6.07) is 4.86. The fourth-order valence-corrected chi connectivity index (χ4v) is 2.18. The van der Waals surface area contributed by atoms with Gasteiger partial charge in [0.05, 0.1) is 17.6 Å². The molecule has 0 aliphatic rings. The molecule has 0 aromatic carbocycles. The number of anilines is 1. The van der Waals surface area contributed by atoms with Crippen molar-refractivity contribution >= 4 is 22.6 Å². The Morgan fingerprint density at radius 3 is 3.00 bits per heavy atom. The van der Waals surface area contributed by atoms with Crippen LogP contribution in [-0.4, -0.2) is 25.7 Å². The topological polar surface area (TPSA) is 92.7 Å². The molecule has 2 N–H and O–H groups in total. The molecule has 0 radical (unpaired) electrons. The minimum atomic E-state index is -0.473. The van der Waals surface area contributed by atoms with E-state index in [-0.39, 0.29) is 5.56 Å². The number of carbonyl (C=O) groups is 1. The zero-order valence-electron chi connectivity index (χ0n) is 11.5. The van der Waals surface area contributed by atoms with Crippen molar-refractivity contribution in [3.8, 4) is 0 Å². The standard InChI is InChI=1S/C14H13N5O2/c1-8-11-6-9(7-16-12(11)19(2)18-8)17-14(21)10-4-3-5-15-13(10)20/h3-7H,1-2H3,(H,15,20)(H,17,21). The number of H-pyrrole nitrogens is 1. The van der Waals surface area contributed by atoms with Crippen molar-refractivity contribution in [1.82, 2.24) is 19.7 Å². The van der Waals surface area contributed by atoms with Crippen LogP contribution in [0.25, 0.3) is 11.0 Å². The first-order chi connectivity index (χ1) is 10.1. The van der Waals surface area contributed by atoms with E-state index in [2.05, 4.69) is 20.4 Å². The van der Waals surface area contributed by atoms with E-state index >= 15 is 0 Å². The molecule has 0 spiro atoms. The summed E-state index contributed by atoms with van der Waals surface area (Å²) in [6.07, 6.45) is 3.02. The molecule has 0 saturated heterocycles. The molecule has 0 saturated carbocycles. The fourth-order valence-electron chi connectivity index (χ4n) is 2.18. The molecule has 3 aromatic rings. The summed E-state index contributed by atoms with van der Waals surface area (Å²) in [5.41, 5.74) is 1.71. The number of aromatic nitrogens is 4. The number of carbonyl (C=O) groups excluding carboxylic acids is 1. The van der Waals surface area contributed by atoms with E-state index in [4.69, 9.17) is 0 Å². The van der Waals surface area contributed by atoms with Crippen LogP contribution >= 0.6 is 0 Å². The minimum Gasteiger partial charge on any atom is -0.328 e. The first-order valence-electron chi connectivity index (χ1n) is 6.34. The van der Waals surface area contributed by atoms with Crippen molar-refractivity contribution in [2.75, 3.05) is 5.32 Å². The SMILES string of the molecule is Cc1nn(C)c2ncc(NC(=O)c3ccc[nH]c3=O)cc12. The lowest BCUT2D eigenvalue weighted by atomic mass is 10.2. The second kappa shape index (κ2) is 4.86. The molecule has 0 bridgehead atoms. The van der Waals surface area contributed by atoms with Crippen LogP contribution in [0.1, 0.15) is 16.1 Å². The van der Waals surface area contributed by atoms with Crippen LogP contribution in [0.3, 0.4) is 0 Å². The maximum Gasteiger partial charge on any atom is 0.261 e. The van der Waals surface area contributed by atoms with Crippen molar-refractivity contribution in [3.63, 3.8) is 0 Å². The number of hydrogen-bond donors (Lipinski definition) is 2. The van der Waals surface area contributed by atoms with Crippen molar-refractivity contribution < 1.29 is 4.79 Å². The van der Waals surface area contributed by atoms with Crippen LogP contribution in [0.15, 0.2) is 35.4 Å². The molecular weight excluding hydrogens is 270 g/mol. The molecule has 3 heterocycles. The Kier molecular flexibility index (Phi) is 3.02. The van der Waals surface area contributed by atoms with Crippen molar-refractivity contribution in [2.24, 2.45) is 7.05 Å². The number of aromatic amines is 1. The van der Waals surface area contributed by atoms with E-state index in [0.717, 1.165) is 16.7 Å². The van der Waals surface area contributed by atoms with Gasteiger partial charge in [0.25, 0.3) is 11.5 Å². The van der Waals surface area contributed by atoms with E-state index < -0.39 is 11.5 Å². The summed E-state index contributed by atoms with van der Waals surface area (Å²) in [5, 5.41) is 7.80. The van der Waals surface area contributed by atoms with E-state index in [0.29, 0.717) is 5.69 Å². The van der Waals surface area contributed by atoms with Crippen molar-refractivity contribution in [2.45, 2.75) is 6.92 Å². The molecule has 0 aliphatic carbocycles. The summed E-state index contributed by atoms with van der Waals surface area (Å²) < 4.78 is 1.68. The van der Waals surface area contributed by atoms with E-state index in [1.165, 1.54) is 12.3 Å². The third kappa shape index (κ3) is 2.29. The number of nitrogens with one attached hydrogen (secondary N) is 2. The van der Waals surface area contributed by atoms with Gasteiger partial charge in [-0.3, -0.25) is 14.3 Å². The van der Waals surface area contributed by atoms with Gasteiger partial charge in [0.2, 0.25) is 0 Å².